The summed E-state index contributed by atoms with van der Waals surface area (Å²) >= 11 is 9.05. The molecule has 3 nitrogen and oxygen atoms in total. The molecule has 19 heavy (non-hydrogen) atoms. The predicted molar refractivity (Wildman–Crippen MR) is 79.1 cm³/mol. The second-order valence-corrected chi connectivity index (χ2v) is 5.14. The number of carbonyl (C=O) groups is 1. The Morgan fingerprint density at radius 2 is 1.89 bits per heavy atom. The molecular formula is C14H11BrClNO2. The maximum atomic E-state index is 11.9. The first-order chi connectivity index (χ1) is 9.08. The number of anilines is 1. The predicted octanol–water partition coefficient (Wildman–Crippen LogP) is 4.04. The summed E-state index contributed by atoms with van der Waals surface area (Å²) in [6.07, 6.45) is 0. The van der Waals surface area contributed by atoms with Crippen molar-refractivity contribution in [1.82, 2.24) is 0 Å². The second-order valence-electron chi connectivity index (χ2n) is 3.91. The van der Waals surface area contributed by atoms with Crippen molar-refractivity contribution >= 4 is 39.2 Å². The summed E-state index contributed by atoms with van der Waals surface area (Å²) in [7, 11) is 0. The molecule has 0 radical (unpaired) electrons. The Balaban J connectivity index is 2.05. The van der Waals surface area contributed by atoms with Gasteiger partial charge in [-0.15, -0.1) is 0 Å². The van der Waals surface area contributed by atoms with Crippen LogP contribution >= 0.6 is 27.5 Å². The summed E-state index contributed by atoms with van der Waals surface area (Å²) in [5.41, 5.74) is 7.50. The van der Waals surface area contributed by atoms with Gasteiger partial charge in [0.05, 0.1) is 10.0 Å². The van der Waals surface area contributed by atoms with E-state index in [4.69, 9.17) is 22.1 Å². The lowest BCUT2D eigenvalue weighted by Gasteiger charge is -2.08. The van der Waals surface area contributed by atoms with Crippen LogP contribution in [0, 0.1) is 0 Å². The van der Waals surface area contributed by atoms with Crippen molar-refractivity contribution < 1.29 is 9.53 Å². The number of nitrogen functional groups attached to an aromatic ring is 1. The molecule has 0 aliphatic heterocycles. The Hall–Kier alpha value is -1.52. The minimum Gasteiger partial charge on any atom is -0.457 e. The highest BCUT2D eigenvalue weighted by Gasteiger charge is 2.13. The quantitative estimate of drug-likeness (QED) is 0.677. The van der Waals surface area contributed by atoms with Gasteiger partial charge in [0.25, 0.3) is 0 Å². The van der Waals surface area contributed by atoms with Crippen LogP contribution < -0.4 is 5.73 Å². The molecule has 0 atom stereocenters. The van der Waals surface area contributed by atoms with Gasteiger partial charge in [0.15, 0.2) is 0 Å². The van der Waals surface area contributed by atoms with Crippen molar-refractivity contribution in [2.45, 2.75) is 6.61 Å². The summed E-state index contributed by atoms with van der Waals surface area (Å²) in [4.78, 5) is 11.9. The van der Waals surface area contributed by atoms with E-state index < -0.39 is 5.97 Å². The zero-order chi connectivity index (χ0) is 13.8. The Labute approximate surface area is 124 Å². The summed E-state index contributed by atoms with van der Waals surface area (Å²) in [6.45, 7) is 0.192. The first kappa shape index (κ1) is 13.9. The van der Waals surface area contributed by atoms with Crippen molar-refractivity contribution in [2.24, 2.45) is 0 Å². The van der Waals surface area contributed by atoms with Gasteiger partial charge in [-0.25, -0.2) is 4.79 Å². The molecule has 2 rings (SSSR count). The lowest BCUT2D eigenvalue weighted by molar-refractivity contribution is 0.0471. The Morgan fingerprint density at radius 1 is 1.21 bits per heavy atom. The van der Waals surface area contributed by atoms with Crippen LogP contribution in [0.4, 0.5) is 5.69 Å². The van der Waals surface area contributed by atoms with E-state index in [-0.39, 0.29) is 6.61 Å². The van der Waals surface area contributed by atoms with E-state index in [1.807, 2.05) is 12.1 Å². The maximum absolute atomic E-state index is 11.9. The van der Waals surface area contributed by atoms with Crippen LogP contribution in [-0.4, -0.2) is 5.97 Å². The average Bonchev–Trinajstić information content (AvgIpc) is 2.41. The van der Waals surface area contributed by atoms with E-state index in [0.717, 1.165) is 5.56 Å². The Morgan fingerprint density at radius 3 is 2.58 bits per heavy atom. The molecule has 0 spiro atoms. The monoisotopic (exact) mass is 339 g/mol. The van der Waals surface area contributed by atoms with E-state index in [1.165, 1.54) is 0 Å². The number of hydrogen-bond donors (Lipinski definition) is 1. The molecule has 2 aromatic rings. The molecule has 0 aromatic heterocycles. The smallest absolute Gasteiger partial charge is 0.339 e. The minimum atomic E-state index is -0.422. The standard InChI is InChI=1S/C14H11BrClNO2/c15-13-11(2-1-3-12(13)17)14(18)19-8-9-4-6-10(16)7-5-9/h1-7H,8,17H2. The molecule has 0 aliphatic rings. The molecule has 0 saturated heterocycles. The fourth-order valence-corrected chi connectivity index (χ4v) is 2.07. The molecule has 2 N–H and O–H groups in total. The zero-order valence-electron chi connectivity index (χ0n) is 9.90. The molecule has 0 saturated carbocycles. The highest BCUT2D eigenvalue weighted by molar-refractivity contribution is 9.10. The van der Waals surface area contributed by atoms with E-state index >= 15 is 0 Å². The molecule has 0 aliphatic carbocycles. The summed E-state index contributed by atoms with van der Waals surface area (Å²) in [5.74, 6) is -0.422. The number of esters is 1. The molecule has 98 valence electrons. The Kier molecular flexibility index (Phi) is 4.45. The number of rotatable bonds is 3. The number of halogens is 2. The maximum Gasteiger partial charge on any atom is 0.339 e. The minimum absolute atomic E-state index is 0.192. The van der Waals surface area contributed by atoms with E-state index in [2.05, 4.69) is 15.9 Å². The first-order valence-corrected chi connectivity index (χ1v) is 6.70. The lowest BCUT2D eigenvalue weighted by Crippen LogP contribution is -2.07. The van der Waals surface area contributed by atoms with Gasteiger partial charge < -0.3 is 10.5 Å². The number of ether oxygens (including phenoxy) is 1. The van der Waals surface area contributed by atoms with E-state index in [9.17, 15) is 4.79 Å². The third-order valence-electron chi connectivity index (χ3n) is 2.53. The van der Waals surface area contributed by atoms with Crippen molar-refractivity contribution in [1.29, 1.82) is 0 Å². The van der Waals surface area contributed by atoms with Crippen LogP contribution in [0.1, 0.15) is 15.9 Å². The average molecular weight is 341 g/mol. The van der Waals surface area contributed by atoms with Crippen LogP contribution in [0.5, 0.6) is 0 Å². The number of benzene rings is 2. The third-order valence-corrected chi connectivity index (χ3v) is 3.67. The number of nitrogens with two attached hydrogens (primary N) is 1. The fraction of sp³-hybridized carbons (Fsp3) is 0.0714. The van der Waals surface area contributed by atoms with Crippen LogP contribution in [-0.2, 0) is 11.3 Å². The number of carbonyl (C=O) groups excluding carboxylic acids is 1. The lowest BCUT2D eigenvalue weighted by atomic mass is 10.2. The largest absolute Gasteiger partial charge is 0.457 e. The van der Waals surface area contributed by atoms with Crippen LogP contribution in [0.15, 0.2) is 46.9 Å². The molecule has 0 fully saturated rings. The molecule has 0 bridgehead atoms. The van der Waals surface area contributed by atoms with Gasteiger partial charge in [0, 0.05) is 10.7 Å². The molecule has 0 amide bonds. The summed E-state index contributed by atoms with van der Waals surface area (Å²) < 4.78 is 5.77. The highest BCUT2D eigenvalue weighted by atomic mass is 79.9. The van der Waals surface area contributed by atoms with Gasteiger partial charge in [-0.2, -0.15) is 0 Å². The van der Waals surface area contributed by atoms with Crippen molar-refractivity contribution in [3.8, 4) is 0 Å². The Bertz CT molecular complexity index is 599. The van der Waals surface area contributed by atoms with Gasteiger partial charge in [-0.05, 0) is 45.8 Å². The van der Waals surface area contributed by atoms with Gasteiger partial charge in [-0.3, -0.25) is 0 Å². The fourth-order valence-electron chi connectivity index (χ4n) is 1.51. The summed E-state index contributed by atoms with van der Waals surface area (Å²) in [6, 6.07) is 12.2. The zero-order valence-corrected chi connectivity index (χ0v) is 12.2. The molecule has 2 aromatic carbocycles. The second kappa shape index (κ2) is 6.08. The number of hydrogen-bond acceptors (Lipinski definition) is 3. The van der Waals surface area contributed by atoms with Crippen molar-refractivity contribution in [3.05, 3.63) is 63.1 Å². The van der Waals surface area contributed by atoms with Crippen LogP contribution in [0.3, 0.4) is 0 Å². The van der Waals surface area contributed by atoms with Crippen LogP contribution in [0.25, 0.3) is 0 Å². The van der Waals surface area contributed by atoms with Crippen LogP contribution in [0.2, 0.25) is 5.02 Å². The van der Waals surface area contributed by atoms with Gasteiger partial charge in [0.2, 0.25) is 0 Å². The normalized spacial score (nSPS) is 10.2. The van der Waals surface area contributed by atoms with Crippen molar-refractivity contribution in [2.75, 3.05) is 5.73 Å². The molecule has 5 heteroatoms. The van der Waals surface area contributed by atoms with E-state index in [1.54, 1.807) is 30.3 Å². The molecular weight excluding hydrogens is 330 g/mol. The third kappa shape index (κ3) is 3.49. The van der Waals surface area contributed by atoms with E-state index in [0.29, 0.717) is 20.7 Å². The van der Waals surface area contributed by atoms with Gasteiger partial charge in [0.1, 0.15) is 6.61 Å². The van der Waals surface area contributed by atoms with Crippen molar-refractivity contribution in [3.63, 3.8) is 0 Å². The van der Waals surface area contributed by atoms with Gasteiger partial charge >= 0.3 is 5.97 Å². The molecule has 0 heterocycles. The molecule has 0 unspecified atom stereocenters. The first-order valence-electron chi connectivity index (χ1n) is 5.53. The summed E-state index contributed by atoms with van der Waals surface area (Å²) in [5, 5.41) is 0.647. The highest BCUT2D eigenvalue weighted by Crippen LogP contribution is 2.24. The topological polar surface area (TPSA) is 52.3 Å². The SMILES string of the molecule is Nc1cccc(C(=O)OCc2ccc(Cl)cc2)c1Br. The van der Waals surface area contributed by atoms with Gasteiger partial charge in [-0.1, -0.05) is 29.8 Å².